The molecule has 0 bridgehead atoms. The first-order chi connectivity index (χ1) is 12.5. The minimum atomic E-state index is -1.75. The van der Waals surface area contributed by atoms with Gasteiger partial charge in [-0.15, -0.1) is 6.42 Å². The lowest BCUT2D eigenvalue weighted by atomic mass is 9.98. The van der Waals surface area contributed by atoms with Crippen LogP contribution in [0.5, 0.6) is 0 Å². The van der Waals surface area contributed by atoms with Crippen molar-refractivity contribution in [1.29, 1.82) is 0 Å². The molecule has 0 saturated carbocycles. The first-order valence-electron chi connectivity index (χ1n) is 7.78. The highest BCUT2D eigenvalue weighted by Gasteiger charge is 2.44. The summed E-state index contributed by atoms with van der Waals surface area (Å²) in [5.41, 5.74) is 0. The summed E-state index contributed by atoms with van der Waals surface area (Å²) >= 11 is 0. The fourth-order valence-electron chi connectivity index (χ4n) is 2.04. The Bertz CT molecular complexity index is 618. The molecule has 4 atom stereocenters. The molecule has 1 N–H and O–H groups in total. The van der Waals surface area contributed by atoms with Crippen molar-refractivity contribution < 1.29 is 48.0 Å². The minimum absolute atomic E-state index is 0.484. The molecule has 0 aromatic heterocycles. The number of aliphatic hydroxyl groups is 1. The van der Waals surface area contributed by atoms with Crippen molar-refractivity contribution in [2.45, 2.75) is 58.5 Å². The zero-order valence-electron chi connectivity index (χ0n) is 15.4. The highest BCUT2D eigenvalue weighted by atomic mass is 16.6. The number of ether oxygens (including phenoxy) is 4. The molecule has 10 nitrogen and oxygen atoms in total. The van der Waals surface area contributed by atoms with E-state index in [9.17, 15) is 29.1 Å². The molecule has 150 valence electrons. The van der Waals surface area contributed by atoms with Gasteiger partial charge in [-0.2, -0.15) is 0 Å². The third-order valence-electron chi connectivity index (χ3n) is 2.95. The molecule has 0 aliphatic heterocycles. The summed E-state index contributed by atoms with van der Waals surface area (Å²) < 4.78 is 19.5. The molecule has 27 heavy (non-hydrogen) atoms. The topological polar surface area (TPSA) is 143 Å². The Labute approximate surface area is 156 Å². The van der Waals surface area contributed by atoms with Crippen molar-refractivity contribution in [2.75, 3.05) is 6.61 Å². The zero-order valence-corrected chi connectivity index (χ0v) is 15.4. The van der Waals surface area contributed by atoms with Gasteiger partial charge < -0.3 is 24.1 Å². The molecule has 0 aliphatic rings. The monoisotopic (exact) mass is 386 g/mol. The minimum Gasteiger partial charge on any atom is -0.463 e. The van der Waals surface area contributed by atoms with Gasteiger partial charge in [0.25, 0.3) is 0 Å². The average molecular weight is 386 g/mol. The second-order valence-corrected chi connectivity index (χ2v) is 5.40. The maximum atomic E-state index is 12.3. The first-order valence-corrected chi connectivity index (χ1v) is 7.78. The first kappa shape index (κ1) is 24.1. The van der Waals surface area contributed by atoms with E-state index in [2.05, 4.69) is 10.7 Å². The van der Waals surface area contributed by atoms with Crippen LogP contribution in [0.4, 0.5) is 0 Å². The van der Waals surface area contributed by atoms with Crippen LogP contribution in [0.3, 0.4) is 0 Å². The molecule has 0 heterocycles. The summed E-state index contributed by atoms with van der Waals surface area (Å²) in [5, 5.41) is 10.2. The summed E-state index contributed by atoms with van der Waals surface area (Å²) in [6.45, 7) is 3.43. The van der Waals surface area contributed by atoms with E-state index in [-0.39, 0.29) is 0 Å². The molecule has 10 heteroatoms. The lowest BCUT2D eigenvalue weighted by Crippen LogP contribution is -2.54. The van der Waals surface area contributed by atoms with E-state index in [1.54, 1.807) is 0 Å². The maximum absolute atomic E-state index is 12.3. The van der Waals surface area contributed by atoms with Gasteiger partial charge in [0.1, 0.15) is 12.7 Å². The Morgan fingerprint density at radius 2 is 1.33 bits per heavy atom. The Balaban J connectivity index is 5.96. The number of hydrogen-bond acceptors (Lipinski definition) is 10. The van der Waals surface area contributed by atoms with E-state index in [4.69, 9.17) is 20.6 Å². The van der Waals surface area contributed by atoms with Gasteiger partial charge in [0, 0.05) is 27.7 Å². The number of hydrogen-bond donors (Lipinski definition) is 1. The largest absolute Gasteiger partial charge is 0.463 e. The smallest absolute Gasteiger partial charge is 0.303 e. The third kappa shape index (κ3) is 9.37. The Morgan fingerprint density at radius 3 is 1.74 bits per heavy atom. The van der Waals surface area contributed by atoms with Crippen molar-refractivity contribution in [3.05, 3.63) is 0 Å². The van der Waals surface area contributed by atoms with E-state index >= 15 is 0 Å². The van der Waals surface area contributed by atoms with E-state index < -0.39 is 67.1 Å². The van der Waals surface area contributed by atoms with Crippen LogP contribution >= 0.6 is 0 Å². The number of rotatable bonds is 10. The van der Waals surface area contributed by atoms with Crippen molar-refractivity contribution >= 4 is 29.7 Å². The number of esters is 4. The van der Waals surface area contributed by atoms with Gasteiger partial charge in [-0.25, -0.2) is 0 Å². The Hall–Kier alpha value is -2.93. The van der Waals surface area contributed by atoms with E-state index in [0.29, 0.717) is 0 Å². The van der Waals surface area contributed by atoms with Crippen molar-refractivity contribution in [3.63, 3.8) is 0 Å². The van der Waals surface area contributed by atoms with E-state index in [1.165, 1.54) is 0 Å². The summed E-state index contributed by atoms with van der Waals surface area (Å²) in [5.74, 6) is -2.22. The predicted octanol–water partition coefficient (Wildman–Crippen LogP) is -0.702. The highest BCUT2D eigenvalue weighted by Crippen LogP contribution is 2.19. The van der Waals surface area contributed by atoms with Crippen LogP contribution < -0.4 is 0 Å². The Morgan fingerprint density at radius 1 is 0.852 bits per heavy atom. The molecule has 0 saturated heterocycles. The second kappa shape index (κ2) is 11.6. The van der Waals surface area contributed by atoms with Crippen LogP contribution in [-0.4, -0.2) is 65.8 Å². The van der Waals surface area contributed by atoms with Crippen LogP contribution in [-0.2, 0) is 42.9 Å². The molecule has 0 spiro atoms. The quantitative estimate of drug-likeness (QED) is 0.291. The van der Waals surface area contributed by atoms with Crippen LogP contribution in [0.1, 0.15) is 34.1 Å². The summed E-state index contributed by atoms with van der Waals surface area (Å²) in [6, 6.07) is 0. The molecule has 0 fully saturated rings. The molecule has 0 aromatic rings. The summed E-state index contributed by atoms with van der Waals surface area (Å²) in [4.78, 5) is 57.5. The Kier molecular flexibility index (Phi) is 10.4. The number of Topliss-reactive ketones (excluding diaryl/α,β-unsaturated/α-hetero) is 1. The zero-order chi connectivity index (χ0) is 21.1. The van der Waals surface area contributed by atoms with Crippen LogP contribution in [0.25, 0.3) is 0 Å². The second-order valence-electron chi connectivity index (χ2n) is 5.40. The molecule has 0 amide bonds. The normalized spacial score (nSPS) is 14.5. The van der Waals surface area contributed by atoms with Gasteiger partial charge in [0.15, 0.2) is 18.0 Å². The van der Waals surface area contributed by atoms with Gasteiger partial charge in [0.05, 0.1) is 6.42 Å². The molecular weight excluding hydrogens is 364 g/mol. The lowest BCUT2D eigenvalue weighted by Gasteiger charge is -2.33. The van der Waals surface area contributed by atoms with E-state index in [1.807, 2.05) is 0 Å². The highest BCUT2D eigenvalue weighted by molar-refractivity contribution is 5.88. The molecule has 0 unspecified atom stereocenters. The number of carbonyl (C=O) groups is 5. The van der Waals surface area contributed by atoms with Gasteiger partial charge in [0.2, 0.25) is 6.10 Å². The molecule has 0 radical (unpaired) electrons. The lowest BCUT2D eigenvalue weighted by molar-refractivity contribution is -0.197. The molecule has 0 rings (SSSR count). The van der Waals surface area contributed by atoms with Crippen molar-refractivity contribution in [2.24, 2.45) is 0 Å². The fourth-order valence-corrected chi connectivity index (χ4v) is 2.04. The van der Waals surface area contributed by atoms with Crippen LogP contribution in [0.15, 0.2) is 0 Å². The fraction of sp³-hybridized carbons (Fsp3) is 0.588. The number of terminal acetylenes is 1. The number of aliphatic hydroxyl groups excluding tert-OH is 1. The maximum Gasteiger partial charge on any atom is 0.303 e. The predicted molar refractivity (Wildman–Crippen MR) is 87.8 cm³/mol. The third-order valence-corrected chi connectivity index (χ3v) is 2.95. The van der Waals surface area contributed by atoms with E-state index in [0.717, 1.165) is 27.7 Å². The van der Waals surface area contributed by atoms with Gasteiger partial charge in [-0.05, 0) is 0 Å². The molecular formula is C17H22O10. The average Bonchev–Trinajstić information content (AvgIpc) is 2.53. The number of carbonyl (C=O) groups excluding carboxylic acids is 5. The van der Waals surface area contributed by atoms with Crippen molar-refractivity contribution in [1.82, 2.24) is 0 Å². The molecule has 0 aromatic carbocycles. The molecule has 0 aliphatic carbocycles. The van der Waals surface area contributed by atoms with Crippen LogP contribution in [0.2, 0.25) is 0 Å². The standard InChI is InChI=1S/C17H22O10/c1-6-7-13(22)15(25-10(3)19)17(27-12(5)21)16(26-11(4)20)14(23)8-24-9(2)18/h1,14-17,23H,7-8H2,2-5H3/t14-,15+,16-,17-/m1/s1. The summed E-state index contributed by atoms with van der Waals surface area (Å²) in [6.07, 6.45) is -2.25. The summed E-state index contributed by atoms with van der Waals surface area (Å²) in [7, 11) is 0. The number of ketones is 1. The van der Waals surface area contributed by atoms with Gasteiger partial charge in [-0.1, -0.05) is 5.92 Å². The van der Waals surface area contributed by atoms with Gasteiger partial charge >= 0.3 is 23.9 Å². The van der Waals surface area contributed by atoms with Crippen LogP contribution in [0, 0.1) is 12.3 Å². The van der Waals surface area contributed by atoms with Crippen molar-refractivity contribution in [3.8, 4) is 12.3 Å². The SMILES string of the molecule is C#CCC(=O)[C@H](OC(C)=O)[C@@H](OC(C)=O)[C@H](OC(C)=O)[C@H](O)COC(C)=O. The van der Waals surface area contributed by atoms with Gasteiger partial charge in [-0.3, -0.25) is 24.0 Å².